The van der Waals surface area contributed by atoms with Crippen LogP contribution >= 0.6 is 0 Å². The molecule has 1 heterocycles. The van der Waals surface area contributed by atoms with Crippen LogP contribution in [0.25, 0.3) is 10.9 Å². The van der Waals surface area contributed by atoms with Crippen molar-refractivity contribution in [3.63, 3.8) is 0 Å². The molecule has 1 amide bonds. The van der Waals surface area contributed by atoms with Gasteiger partial charge < -0.3 is 15.4 Å². The first-order chi connectivity index (χ1) is 18.3. The second-order valence-corrected chi connectivity index (χ2v) is 8.55. The minimum absolute atomic E-state index is 0.0961. The lowest BCUT2D eigenvalue weighted by Gasteiger charge is -2.20. The molecule has 5 rings (SSSR count). The van der Waals surface area contributed by atoms with Crippen LogP contribution in [0.15, 0.2) is 113 Å². The summed E-state index contributed by atoms with van der Waals surface area (Å²) < 4.78 is 39.1. The zero-order valence-electron chi connectivity index (χ0n) is 19.8. The van der Waals surface area contributed by atoms with Crippen molar-refractivity contribution in [2.75, 3.05) is 0 Å². The molecule has 0 spiro atoms. The smallest absolute Gasteiger partial charge is 0.416 e. The second-order valence-electron chi connectivity index (χ2n) is 8.55. The number of aromatic hydroxyl groups is 1. The Labute approximate surface area is 215 Å². The average Bonchev–Trinajstić information content (AvgIpc) is 3.25. The Morgan fingerprint density at radius 3 is 2.11 bits per heavy atom. The number of benzene rings is 4. The number of para-hydroxylation sites is 1. The number of aromatic nitrogens is 1. The first kappa shape index (κ1) is 24.8. The molecule has 0 bridgehead atoms. The number of rotatable bonds is 6. The molecule has 1 aromatic heterocycles. The van der Waals surface area contributed by atoms with E-state index in [2.05, 4.69) is 20.5 Å². The summed E-state index contributed by atoms with van der Waals surface area (Å²) in [4.78, 5) is 15.9. The van der Waals surface area contributed by atoms with Crippen molar-refractivity contribution >= 4 is 28.2 Å². The van der Waals surface area contributed by atoms with Crippen LogP contribution in [0, 0.1) is 0 Å². The maximum absolute atomic E-state index is 13.1. The highest BCUT2D eigenvalue weighted by molar-refractivity contribution is 5.95. The lowest BCUT2D eigenvalue weighted by atomic mass is 9.97. The van der Waals surface area contributed by atoms with Gasteiger partial charge in [-0.15, -0.1) is 5.11 Å². The summed E-state index contributed by atoms with van der Waals surface area (Å²) in [7, 11) is 0. The molecule has 3 N–H and O–H groups in total. The van der Waals surface area contributed by atoms with E-state index in [1.807, 2.05) is 30.3 Å². The molecule has 38 heavy (non-hydrogen) atoms. The van der Waals surface area contributed by atoms with Gasteiger partial charge in [-0.05, 0) is 53.6 Å². The van der Waals surface area contributed by atoms with Crippen molar-refractivity contribution in [1.82, 2.24) is 10.3 Å². The number of alkyl halides is 3. The second kappa shape index (κ2) is 10.2. The van der Waals surface area contributed by atoms with Crippen molar-refractivity contribution in [2.45, 2.75) is 12.2 Å². The van der Waals surface area contributed by atoms with Crippen LogP contribution in [0.5, 0.6) is 5.88 Å². The summed E-state index contributed by atoms with van der Waals surface area (Å²) in [6.07, 6.45) is -4.45. The van der Waals surface area contributed by atoms with Gasteiger partial charge >= 0.3 is 6.18 Å². The zero-order chi connectivity index (χ0) is 26.7. The summed E-state index contributed by atoms with van der Waals surface area (Å²) in [5.74, 6) is -0.502. The zero-order valence-corrected chi connectivity index (χ0v) is 19.8. The highest BCUT2D eigenvalue weighted by Gasteiger charge is 2.30. The van der Waals surface area contributed by atoms with Crippen LogP contribution in [0.4, 0.5) is 24.5 Å². The number of halogens is 3. The lowest BCUT2D eigenvalue weighted by molar-refractivity contribution is -0.137. The Bertz CT molecular complexity index is 1590. The van der Waals surface area contributed by atoms with Crippen LogP contribution in [-0.4, -0.2) is 16.0 Å². The highest BCUT2D eigenvalue weighted by Crippen LogP contribution is 2.36. The van der Waals surface area contributed by atoms with Gasteiger partial charge in [0.1, 0.15) is 0 Å². The predicted octanol–water partition coefficient (Wildman–Crippen LogP) is 7.83. The number of nitrogens with one attached hydrogen (secondary N) is 2. The number of H-pyrrole nitrogens is 1. The monoisotopic (exact) mass is 514 g/mol. The Morgan fingerprint density at radius 1 is 0.789 bits per heavy atom. The number of nitrogens with zero attached hydrogens (tertiary/aromatic N) is 2. The van der Waals surface area contributed by atoms with E-state index in [1.54, 1.807) is 48.5 Å². The molecule has 0 saturated heterocycles. The number of hydrogen-bond acceptors (Lipinski definition) is 4. The minimum Gasteiger partial charge on any atom is -0.493 e. The van der Waals surface area contributed by atoms with Crippen LogP contribution in [-0.2, 0) is 6.18 Å². The first-order valence-electron chi connectivity index (χ1n) is 11.6. The molecule has 9 heteroatoms. The molecule has 0 saturated carbocycles. The largest absolute Gasteiger partial charge is 0.493 e. The molecule has 1 atom stereocenters. The fourth-order valence-electron chi connectivity index (χ4n) is 4.08. The third-order valence-corrected chi connectivity index (χ3v) is 6.03. The van der Waals surface area contributed by atoms with Gasteiger partial charge in [0.25, 0.3) is 5.91 Å². The number of fused-ring (bicyclic) bond motifs is 1. The number of azo groups is 1. The quantitative estimate of drug-likeness (QED) is 0.202. The van der Waals surface area contributed by atoms with E-state index in [9.17, 15) is 23.1 Å². The number of carbonyl (C=O) groups excluding carboxylic acids is 1. The topological polar surface area (TPSA) is 89.8 Å². The summed E-state index contributed by atoms with van der Waals surface area (Å²) in [5.41, 5.74) is 2.33. The van der Waals surface area contributed by atoms with Crippen molar-refractivity contribution in [2.24, 2.45) is 10.2 Å². The SMILES string of the molecule is O=C(NC(c1ccccc1)c1ccc(C(F)(F)F)cc1)c1ccc(N=Nc2c(O)[nH]c3ccccc23)cc1. The third kappa shape index (κ3) is 5.27. The van der Waals surface area contributed by atoms with Crippen LogP contribution < -0.4 is 5.32 Å². The Balaban J connectivity index is 1.35. The fourth-order valence-corrected chi connectivity index (χ4v) is 4.08. The molecular weight excluding hydrogens is 493 g/mol. The Morgan fingerprint density at radius 2 is 1.42 bits per heavy atom. The molecule has 1 unspecified atom stereocenters. The third-order valence-electron chi connectivity index (χ3n) is 6.03. The maximum atomic E-state index is 13.1. The lowest BCUT2D eigenvalue weighted by Crippen LogP contribution is -2.29. The van der Waals surface area contributed by atoms with Crippen LogP contribution in [0.1, 0.15) is 33.1 Å². The average molecular weight is 515 g/mol. The maximum Gasteiger partial charge on any atom is 0.416 e. The molecular formula is C29H21F3N4O2. The van der Waals surface area contributed by atoms with Gasteiger partial charge in [0.2, 0.25) is 5.88 Å². The van der Waals surface area contributed by atoms with E-state index in [1.165, 1.54) is 12.1 Å². The molecule has 4 aromatic carbocycles. The molecule has 6 nitrogen and oxygen atoms in total. The molecule has 0 aliphatic carbocycles. The van der Waals surface area contributed by atoms with Crippen LogP contribution in [0.2, 0.25) is 0 Å². The first-order valence-corrected chi connectivity index (χ1v) is 11.6. The van der Waals surface area contributed by atoms with Gasteiger partial charge in [0.05, 0.1) is 22.8 Å². The molecule has 5 aromatic rings. The van der Waals surface area contributed by atoms with E-state index >= 15 is 0 Å². The van der Waals surface area contributed by atoms with Gasteiger partial charge in [0.15, 0.2) is 5.69 Å². The van der Waals surface area contributed by atoms with E-state index < -0.39 is 23.7 Å². The fraction of sp³-hybridized carbons (Fsp3) is 0.0690. The molecule has 0 aliphatic heterocycles. The number of carbonyl (C=O) groups is 1. The van der Waals surface area contributed by atoms with Gasteiger partial charge in [-0.2, -0.15) is 18.3 Å². The Hall–Kier alpha value is -4.92. The minimum atomic E-state index is -4.45. The van der Waals surface area contributed by atoms with E-state index in [-0.39, 0.29) is 5.88 Å². The van der Waals surface area contributed by atoms with Crippen molar-refractivity contribution in [3.8, 4) is 5.88 Å². The normalized spacial score (nSPS) is 12.6. The highest BCUT2D eigenvalue weighted by atomic mass is 19.4. The van der Waals surface area contributed by atoms with Crippen molar-refractivity contribution < 1.29 is 23.1 Å². The van der Waals surface area contributed by atoms with Gasteiger partial charge in [-0.25, -0.2) is 0 Å². The number of aromatic amines is 1. The van der Waals surface area contributed by atoms with Gasteiger partial charge in [-0.1, -0.05) is 60.7 Å². The molecule has 0 radical (unpaired) electrons. The summed E-state index contributed by atoms with van der Waals surface area (Å²) in [6, 6.07) is 26.8. The van der Waals surface area contributed by atoms with Crippen molar-refractivity contribution in [1.29, 1.82) is 0 Å². The van der Waals surface area contributed by atoms with Gasteiger partial charge in [-0.3, -0.25) is 4.79 Å². The van der Waals surface area contributed by atoms with E-state index in [0.29, 0.717) is 22.5 Å². The molecule has 190 valence electrons. The predicted molar refractivity (Wildman–Crippen MR) is 138 cm³/mol. The Kier molecular flexibility index (Phi) is 6.66. The van der Waals surface area contributed by atoms with E-state index in [4.69, 9.17) is 0 Å². The summed E-state index contributed by atoms with van der Waals surface area (Å²) in [6.45, 7) is 0. The van der Waals surface area contributed by atoms with Gasteiger partial charge in [0, 0.05) is 10.9 Å². The molecule has 0 fully saturated rings. The standard InChI is InChI=1S/C29H21F3N4O2/c30-29(31,32)21-14-10-19(11-15-21)25(18-6-2-1-3-7-18)34-27(37)20-12-16-22(17-13-20)35-36-26-23-8-4-5-9-24(23)33-28(26)38/h1-17,25,33,38H,(H,34,37). The molecule has 0 aliphatic rings. The van der Waals surface area contributed by atoms with Crippen molar-refractivity contribution in [3.05, 3.63) is 125 Å². The number of amides is 1. The van der Waals surface area contributed by atoms with E-state index in [0.717, 1.165) is 28.6 Å². The summed E-state index contributed by atoms with van der Waals surface area (Å²) >= 11 is 0. The summed E-state index contributed by atoms with van der Waals surface area (Å²) in [5, 5.41) is 22.1. The van der Waals surface area contributed by atoms with Crippen LogP contribution in [0.3, 0.4) is 0 Å². The number of hydrogen-bond donors (Lipinski definition) is 3.